The van der Waals surface area contributed by atoms with E-state index in [-0.39, 0.29) is 24.0 Å². The quantitative estimate of drug-likeness (QED) is 0.311. The number of nitrogens with one attached hydrogen (secondary N) is 3. The topological polar surface area (TPSA) is 64.7 Å². The van der Waals surface area contributed by atoms with Gasteiger partial charge in [-0.1, -0.05) is 32.0 Å². The van der Waals surface area contributed by atoms with E-state index in [4.69, 9.17) is 9.73 Å². The fourth-order valence-corrected chi connectivity index (χ4v) is 3.62. The molecule has 0 aliphatic carbocycles. The van der Waals surface area contributed by atoms with E-state index < -0.39 is 0 Å². The predicted octanol–water partition coefficient (Wildman–Crippen LogP) is 3.20. The average molecular weight is 499 g/mol. The summed E-state index contributed by atoms with van der Waals surface area (Å²) < 4.78 is 5.50. The number of ether oxygens (including phenoxy) is 1. The first kappa shape index (κ1) is 23.0. The number of rotatable bonds is 7. The van der Waals surface area contributed by atoms with Crippen LogP contribution in [0.25, 0.3) is 10.9 Å². The van der Waals surface area contributed by atoms with Crippen molar-refractivity contribution in [3.05, 3.63) is 36.0 Å². The molecule has 0 saturated carbocycles. The first-order valence-corrected chi connectivity index (χ1v) is 10.1. The first-order chi connectivity index (χ1) is 13.2. The summed E-state index contributed by atoms with van der Waals surface area (Å²) in [5.74, 6) is 1.45. The van der Waals surface area contributed by atoms with Gasteiger partial charge in [-0.2, -0.15) is 0 Å². The molecule has 1 unspecified atom stereocenters. The van der Waals surface area contributed by atoms with Gasteiger partial charge >= 0.3 is 0 Å². The zero-order valence-electron chi connectivity index (χ0n) is 17.2. The molecule has 0 amide bonds. The minimum atomic E-state index is 0. The summed E-state index contributed by atoms with van der Waals surface area (Å²) in [5.41, 5.74) is 2.29. The molecule has 3 N–H and O–H groups in total. The zero-order chi connectivity index (χ0) is 19.1. The van der Waals surface area contributed by atoms with Gasteiger partial charge in [0.2, 0.25) is 0 Å². The molecule has 1 saturated heterocycles. The standard InChI is InChI=1S/C21H33N5O.HI/c1-4-22-21(23-14-18-13-17-7-5-6-8-19(17)25-18)24-15-20(16(2)3)26-9-11-27-12-10-26;/h5-8,13,16,20,25H,4,9-12,14-15H2,1-3H3,(H2,22,23,24);1H. The monoisotopic (exact) mass is 499 g/mol. The summed E-state index contributed by atoms with van der Waals surface area (Å²) in [7, 11) is 0. The van der Waals surface area contributed by atoms with E-state index in [1.807, 2.05) is 0 Å². The molecular formula is C21H34IN5O. The average Bonchev–Trinajstić information content (AvgIpc) is 3.09. The Bertz CT molecular complexity index is 706. The number of aromatic nitrogens is 1. The Morgan fingerprint density at radius 1 is 1.21 bits per heavy atom. The molecule has 0 bridgehead atoms. The van der Waals surface area contributed by atoms with Crippen molar-refractivity contribution in [1.82, 2.24) is 20.5 Å². The largest absolute Gasteiger partial charge is 0.379 e. The van der Waals surface area contributed by atoms with E-state index in [0.717, 1.165) is 56.6 Å². The van der Waals surface area contributed by atoms with Crippen molar-refractivity contribution in [2.45, 2.75) is 33.4 Å². The molecule has 1 aliphatic heterocycles. The van der Waals surface area contributed by atoms with E-state index in [2.05, 4.69) is 71.6 Å². The fourth-order valence-electron chi connectivity index (χ4n) is 3.62. The van der Waals surface area contributed by atoms with Gasteiger partial charge in [0.15, 0.2) is 5.96 Å². The van der Waals surface area contributed by atoms with Crippen molar-refractivity contribution in [3.63, 3.8) is 0 Å². The van der Waals surface area contributed by atoms with Gasteiger partial charge in [-0.3, -0.25) is 4.90 Å². The van der Waals surface area contributed by atoms with Crippen LogP contribution in [0.2, 0.25) is 0 Å². The maximum Gasteiger partial charge on any atom is 0.191 e. The highest BCUT2D eigenvalue weighted by Crippen LogP contribution is 2.15. The number of para-hydroxylation sites is 1. The molecule has 0 radical (unpaired) electrons. The Balaban J connectivity index is 0.00000280. The summed E-state index contributed by atoms with van der Waals surface area (Å²) in [4.78, 5) is 10.7. The van der Waals surface area contributed by atoms with Crippen LogP contribution in [0.1, 0.15) is 26.5 Å². The number of aromatic amines is 1. The van der Waals surface area contributed by atoms with E-state index >= 15 is 0 Å². The predicted molar refractivity (Wildman–Crippen MR) is 128 cm³/mol. The molecule has 2 aromatic rings. The third-order valence-electron chi connectivity index (χ3n) is 5.10. The molecule has 1 aromatic carbocycles. The number of morpholine rings is 1. The minimum Gasteiger partial charge on any atom is -0.379 e. The first-order valence-electron chi connectivity index (χ1n) is 10.1. The molecular weight excluding hydrogens is 465 g/mol. The summed E-state index contributed by atoms with van der Waals surface area (Å²) in [6.45, 7) is 12.7. The molecule has 3 rings (SSSR count). The van der Waals surface area contributed by atoms with Crippen molar-refractivity contribution in [2.24, 2.45) is 10.9 Å². The van der Waals surface area contributed by atoms with Gasteiger partial charge in [-0.05, 0) is 30.4 Å². The van der Waals surface area contributed by atoms with Gasteiger partial charge in [0.05, 0.1) is 19.8 Å². The Morgan fingerprint density at radius 3 is 2.64 bits per heavy atom. The smallest absolute Gasteiger partial charge is 0.191 e. The summed E-state index contributed by atoms with van der Waals surface area (Å²) in [5, 5.41) is 8.14. The van der Waals surface area contributed by atoms with Gasteiger partial charge in [0, 0.05) is 43.4 Å². The van der Waals surface area contributed by atoms with E-state index in [1.54, 1.807) is 0 Å². The van der Waals surface area contributed by atoms with Crippen LogP contribution in [0.15, 0.2) is 35.3 Å². The minimum absolute atomic E-state index is 0. The van der Waals surface area contributed by atoms with E-state index in [9.17, 15) is 0 Å². The number of nitrogens with zero attached hydrogens (tertiary/aromatic N) is 2. The third-order valence-corrected chi connectivity index (χ3v) is 5.10. The normalized spacial score (nSPS) is 16.8. The van der Waals surface area contributed by atoms with Crippen LogP contribution in [-0.2, 0) is 11.3 Å². The lowest BCUT2D eigenvalue weighted by molar-refractivity contribution is 0.00752. The van der Waals surface area contributed by atoms with Crippen LogP contribution in [0.3, 0.4) is 0 Å². The SMILES string of the molecule is CCNC(=NCc1cc2ccccc2[nH]1)NCC(C(C)C)N1CCOCC1.I. The van der Waals surface area contributed by atoms with Crippen LogP contribution in [-0.4, -0.2) is 61.3 Å². The van der Waals surface area contributed by atoms with E-state index in [1.165, 1.54) is 5.39 Å². The molecule has 7 heteroatoms. The molecule has 0 spiro atoms. The number of guanidine groups is 1. The van der Waals surface area contributed by atoms with Gasteiger partial charge in [0.1, 0.15) is 0 Å². The van der Waals surface area contributed by atoms with Crippen LogP contribution in [0.5, 0.6) is 0 Å². The summed E-state index contributed by atoms with van der Waals surface area (Å²) in [6, 6.07) is 11.0. The molecule has 1 aromatic heterocycles. The van der Waals surface area contributed by atoms with Crippen LogP contribution in [0, 0.1) is 5.92 Å². The highest BCUT2D eigenvalue weighted by molar-refractivity contribution is 14.0. The van der Waals surface area contributed by atoms with Gasteiger partial charge < -0.3 is 20.4 Å². The van der Waals surface area contributed by atoms with Crippen molar-refractivity contribution >= 4 is 40.8 Å². The number of benzene rings is 1. The number of halogens is 1. The molecule has 1 atom stereocenters. The molecule has 6 nitrogen and oxygen atoms in total. The zero-order valence-corrected chi connectivity index (χ0v) is 19.5. The van der Waals surface area contributed by atoms with Crippen LogP contribution in [0.4, 0.5) is 0 Å². The van der Waals surface area contributed by atoms with Crippen molar-refractivity contribution in [2.75, 3.05) is 39.4 Å². The molecule has 28 heavy (non-hydrogen) atoms. The maximum absolute atomic E-state index is 5.50. The number of hydrogen-bond acceptors (Lipinski definition) is 3. The second-order valence-electron chi connectivity index (χ2n) is 7.42. The van der Waals surface area contributed by atoms with E-state index in [0.29, 0.717) is 18.5 Å². The lowest BCUT2D eigenvalue weighted by Gasteiger charge is -2.37. The lowest BCUT2D eigenvalue weighted by Crippen LogP contribution is -2.52. The van der Waals surface area contributed by atoms with Gasteiger partial charge in [0.25, 0.3) is 0 Å². The number of fused-ring (bicyclic) bond motifs is 1. The Morgan fingerprint density at radius 2 is 1.96 bits per heavy atom. The Hall–Kier alpha value is -1.32. The lowest BCUT2D eigenvalue weighted by atomic mass is 10.0. The van der Waals surface area contributed by atoms with Gasteiger partial charge in [-0.25, -0.2) is 4.99 Å². The maximum atomic E-state index is 5.50. The molecule has 1 fully saturated rings. The molecule has 2 heterocycles. The van der Waals surface area contributed by atoms with Crippen molar-refractivity contribution < 1.29 is 4.74 Å². The summed E-state index contributed by atoms with van der Waals surface area (Å²) >= 11 is 0. The Labute approximate surface area is 185 Å². The number of H-pyrrole nitrogens is 1. The van der Waals surface area contributed by atoms with Gasteiger partial charge in [-0.15, -0.1) is 24.0 Å². The number of hydrogen-bond donors (Lipinski definition) is 3. The molecule has 1 aliphatic rings. The van der Waals surface area contributed by atoms with Crippen molar-refractivity contribution in [3.8, 4) is 0 Å². The van der Waals surface area contributed by atoms with Crippen molar-refractivity contribution in [1.29, 1.82) is 0 Å². The summed E-state index contributed by atoms with van der Waals surface area (Å²) in [6.07, 6.45) is 0. The van der Waals surface area contributed by atoms with Crippen LogP contribution >= 0.6 is 24.0 Å². The molecule has 156 valence electrons. The highest BCUT2D eigenvalue weighted by Gasteiger charge is 2.23. The van der Waals surface area contributed by atoms with Crippen LogP contribution < -0.4 is 10.6 Å². The Kier molecular flexibility index (Phi) is 9.53. The third kappa shape index (κ3) is 6.35. The number of aliphatic imine (C=N–C) groups is 1. The fraction of sp³-hybridized carbons (Fsp3) is 0.571. The highest BCUT2D eigenvalue weighted by atomic mass is 127. The second-order valence-corrected chi connectivity index (χ2v) is 7.42. The second kappa shape index (κ2) is 11.6.